The Morgan fingerprint density at radius 3 is 2.53 bits per heavy atom. The van der Waals surface area contributed by atoms with Gasteiger partial charge in [0, 0.05) is 55.9 Å². The van der Waals surface area contributed by atoms with Gasteiger partial charge in [-0.05, 0) is 43.0 Å². The van der Waals surface area contributed by atoms with Crippen molar-refractivity contribution in [2.75, 3.05) is 36.8 Å². The molecule has 1 aromatic carbocycles. The topological polar surface area (TPSA) is 67.2 Å². The molecule has 2 fully saturated rings. The van der Waals surface area contributed by atoms with Crippen molar-refractivity contribution in [3.63, 3.8) is 0 Å². The van der Waals surface area contributed by atoms with Crippen LogP contribution >= 0.6 is 11.8 Å². The van der Waals surface area contributed by atoms with Crippen molar-refractivity contribution in [1.82, 2.24) is 24.6 Å². The van der Waals surface area contributed by atoms with E-state index in [0.717, 1.165) is 49.1 Å². The van der Waals surface area contributed by atoms with Gasteiger partial charge in [-0.3, -0.25) is 14.3 Å². The Kier molecular flexibility index (Phi) is 7.13. The summed E-state index contributed by atoms with van der Waals surface area (Å²) in [6.45, 7) is 5.55. The van der Waals surface area contributed by atoms with Gasteiger partial charge in [0.05, 0.1) is 5.75 Å². The maximum absolute atomic E-state index is 13.1. The molecule has 3 heterocycles. The number of hydrogen-bond acceptors (Lipinski definition) is 6. The van der Waals surface area contributed by atoms with Crippen LogP contribution in [0.3, 0.4) is 0 Å². The first kappa shape index (κ1) is 22.9. The molecule has 0 spiro atoms. The van der Waals surface area contributed by atoms with Gasteiger partial charge in [-0.2, -0.15) is 0 Å². The fraction of sp³-hybridized carbons (Fsp3) is 0.462. The summed E-state index contributed by atoms with van der Waals surface area (Å²) in [6.07, 6.45) is 8.45. The molecule has 3 aromatic rings. The van der Waals surface area contributed by atoms with E-state index in [1.807, 2.05) is 29.3 Å². The summed E-state index contributed by atoms with van der Waals surface area (Å²) in [6, 6.07) is 14.7. The molecule has 1 saturated heterocycles. The molecule has 1 saturated carbocycles. The zero-order valence-corrected chi connectivity index (χ0v) is 20.5. The zero-order chi connectivity index (χ0) is 23.3. The first-order valence-corrected chi connectivity index (χ1v) is 13.2. The van der Waals surface area contributed by atoms with E-state index in [2.05, 4.69) is 55.8 Å². The standard InChI is InChI=1S/C26H32N6OS/c1-20-8-5-6-12-23(20)32-25(21-9-7-13-27-18-21)28-29-26(32)34-19-24(33)31-16-14-30(15-17-31)22-10-3-2-4-11-22/h2-4,7,9-11,13,18,20,23H,5-6,8,12,14-17,19H2,1H3/t20-,23+/m1/s1. The molecule has 2 aromatic heterocycles. The minimum atomic E-state index is 0.173. The number of aromatic nitrogens is 4. The lowest BCUT2D eigenvalue weighted by molar-refractivity contribution is -0.128. The van der Waals surface area contributed by atoms with Gasteiger partial charge in [0.25, 0.3) is 0 Å². The molecule has 34 heavy (non-hydrogen) atoms. The van der Waals surface area contributed by atoms with E-state index in [1.54, 1.807) is 6.20 Å². The van der Waals surface area contributed by atoms with Crippen molar-refractivity contribution < 1.29 is 4.79 Å². The highest BCUT2D eigenvalue weighted by atomic mass is 32.2. The summed E-state index contributed by atoms with van der Waals surface area (Å²) < 4.78 is 2.28. The highest BCUT2D eigenvalue weighted by molar-refractivity contribution is 7.99. The van der Waals surface area contributed by atoms with Crippen LogP contribution in [-0.2, 0) is 4.79 Å². The van der Waals surface area contributed by atoms with Crippen LogP contribution in [0.1, 0.15) is 38.6 Å². The second-order valence-electron chi connectivity index (χ2n) is 9.24. The number of carbonyl (C=O) groups is 1. The average molecular weight is 477 g/mol. The number of anilines is 1. The normalized spacial score (nSPS) is 21.0. The van der Waals surface area contributed by atoms with Gasteiger partial charge in [-0.15, -0.1) is 10.2 Å². The quantitative estimate of drug-likeness (QED) is 0.487. The fourth-order valence-electron chi connectivity index (χ4n) is 5.12. The van der Waals surface area contributed by atoms with E-state index in [0.29, 0.717) is 17.7 Å². The number of thioether (sulfide) groups is 1. The lowest BCUT2D eigenvalue weighted by Crippen LogP contribution is -2.49. The fourth-order valence-corrected chi connectivity index (χ4v) is 6.01. The Balaban J connectivity index is 1.27. The number of piperazine rings is 1. The zero-order valence-electron chi connectivity index (χ0n) is 19.7. The molecule has 2 aliphatic rings. The Morgan fingerprint density at radius 1 is 1.00 bits per heavy atom. The minimum absolute atomic E-state index is 0.173. The largest absolute Gasteiger partial charge is 0.368 e. The second-order valence-corrected chi connectivity index (χ2v) is 10.2. The van der Waals surface area contributed by atoms with Gasteiger partial charge in [0.1, 0.15) is 0 Å². The smallest absolute Gasteiger partial charge is 0.233 e. The first-order chi connectivity index (χ1) is 16.7. The van der Waals surface area contributed by atoms with Crippen molar-refractivity contribution in [1.29, 1.82) is 0 Å². The monoisotopic (exact) mass is 476 g/mol. The number of pyridine rings is 1. The van der Waals surface area contributed by atoms with Crippen LogP contribution in [0.4, 0.5) is 5.69 Å². The molecule has 7 nitrogen and oxygen atoms in total. The molecule has 0 N–H and O–H groups in total. The Morgan fingerprint density at radius 2 is 1.79 bits per heavy atom. The third kappa shape index (κ3) is 4.97. The van der Waals surface area contributed by atoms with Crippen molar-refractivity contribution in [3.8, 4) is 11.4 Å². The predicted octanol–water partition coefficient (Wildman–Crippen LogP) is 4.53. The number of amides is 1. The second kappa shape index (κ2) is 10.6. The molecule has 0 radical (unpaired) electrons. The molecule has 0 unspecified atom stereocenters. The first-order valence-electron chi connectivity index (χ1n) is 12.3. The van der Waals surface area contributed by atoms with Crippen molar-refractivity contribution in [2.24, 2.45) is 5.92 Å². The van der Waals surface area contributed by atoms with Gasteiger partial charge >= 0.3 is 0 Å². The van der Waals surface area contributed by atoms with E-state index in [9.17, 15) is 4.79 Å². The molecule has 2 atom stereocenters. The minimum Gasteiger partial charge on any atom is -0.368 e. The van der Waals surface area contributed by atoms with Gasteiger partial charge in [0.15, 0.2) is 11.0 Å². The number of rotatable bonds is 6. The molecule has 178 valence electrons. The lowest BCUT2D eigenvalue weighted by atomic mass is 9.85. The molecular formula is C26H32N6OS. The Hall–Kier alpha value is -2.87. The van der Waals surface area contributed by atoms with E-state index in [1.165, 1.54) is 36.7 Å². The summed E-state index contributed by atoms with van der Waals surface area (Å²) >= 11 is 1.52. The van der Waals surface area contributed by atoms with Gasteiger partial charge < -0.3 is 9.80 Å². The van der Waals surface area contributed by atoms with Gasteiger partial charge in [-0.1, -0.05) is 49.7 Å². The molecular weight excluding hydrogens is 444 g/mol. The van der Waals surface area contributed by atoms with Crippen LogP contribution in [0.15, 0.2) is 60.0 Å². The highest BCUT2D eigenvalue weighted by Crippen LogP contribution is 2.38. The molecule has 1 aliphatic carbocycles. The van der Waals surface area contributed by atoms with E-state index in [-0.39, 0.29) is 5.91 Å². The third-order valence-electron chi connectivity index (χ3n) is 7.06. The Labute approximate surface area is 205 Å². The Bertz CT molecular complexity index is 1080. The number of carbonyl (C=O) groups excluding carboxylic acids is 1. The maximum Gasteiger partial charge on any atom is 0.233 e. The molecule has 5 rings (SSSR count). The van der Waals surface area contributed by atoms with Crippen LogP contribution in [0.2, 0.25) is 0 Å². The summed E-state index contributed by atoms with van der Waals surface area (Å²) in [5.41, 5.74) is 2.20. The number of nitrogens with zero attached hydrogens (tertiary/aromatic N) is 6. The van der Waals surface area contributed by atoms with E-state index in [4.69, 9.17) is 0 Å². The van der Waals surface area contributed by atoms with Crippen LogP contribution in [0, 0.1) is 5.92 Å². The SMILES string of the molecule is C[C@@H]1CCCC[C@@H]1n1c(SCC(=O)N2CCN(c3ccccc3)CC2)nnc1-c1cccnc1. The average Bonchev–Trinajstić information content (AvgIpc) is 3.32. The molecule has 1 amide bonds. The summed E-state index contributed by atoms with van der Waals surface area (Å²) in [5, 5.41) is 9.93. The highest BCUT2D eigenvalue weighted by Gasteiger charge is 2.29. The maximum atomic E-state index is 13.1. The lowest BCUT2D eigenvalue weighted by Gasteiger charge is -2.36. The van der Waals surface area contributed by atoms with Crippen molar-refractivity contribution >= 4 is 23.4 Å². The molecule has 1 aliphatic heterocycles. The third-order valence-corrected chi connectivity index (χ3v) is 7.99. The summed E-state index contributed by atoms with van der Waals surface area (Å²) in [5.74, 6) is 1.98. The van der Waals surface area contributed by atoms with Gasteiger partial charge in [0.2, 0.25) is 5.91 Å². The summed E-state index contributed by atoms with van der Waals surface area (Å²) in [7, 11) is 0. The van der Waals surface area contributed by atoms with Crippen LogP contribution in [-0.4, -0.2) is 62.5 Å². The van der Waals surface area contributed by atoms with E-state index >= 15 is 0 Å². The van der Waals surface area contributed by atoms with Crippen LogP contribution in [0.25, 0.3) is 11.4 Å². The van der Waals surface area contributed by atoms with Crippen LogP contribution in [0.5, 0.6) is 0 Å². The predicted molar refractivity (Wildman–Crippen MR) is 136 cm³/mol. The molecule has 8 heteroatoms. The van der Waals surface area contributed by atoms with Crippen molar-refractivity contribution in [2.45, 2.75) is 43.8 Å². The number of hydrogen-bond donors (Lipinski definition) is 0. The number of para-hydroxylation sites is 1. The number of benzene rings is 1. The van der Waals surface area contributed by atoms with Crippen molar-refractivity contribution in [3.05, 3.63) is 54.9 Å². The van der Waals surface area contributed by atoms with Gasteiger partial charge in [-0.25, -0.2) is 0 Å². The van der Waals surface area contributed by atoms with E-state index < -0.39 is 0 Å². The molecule has 0 bridgehead atoms. The van der Waals surface area contributed by atoms with Crippen LogP contribution < -0.4 is 4.90 Å². The summed E-state index contributed by atoms with van der Waals surface area (Å²) in [4.78, 5) is 21.7.